The molecule has 1 atom stereocenters. The fraction of sp³-hybridized carbons (Fsp3) is 0.500. The monoisotopic (exact) mass is 167 g/mol. The lowest BCUT2D eigenvalue weighted by molar-refractivity contribution is 0.757. The summed E-state index contributed by atoms with van der Waals surface area (Å²) in [6.45, 7) is 4.13. The van der Waals surface area contributed by atoms with Crippen LogP contribution in [0.15, 0.2) is 17.1 Å². The maximum absolute atomic E-state index is 10.8. The minimum absolute atomic E-state index is 0.316. The Morgan fingerprint density at radius 3 is 3.08 bits per heavy atom. The third kappa shape index (κ3) is 2.38. The summed E-state index contributed by atoms with van der Waals surface area (Å²) in [5.41, 5.74) is -0.316. The molecule has 1 rings (SSSR count). The summed E-state index contributed by atoms with van der Waals surface area (Å²) in [4.78, 5) is 16.9. The van der Waals surface area contributed by atoms with Crippen molar-refractivity contribution >= 4 is 5.82 Å². The predicted molar refractivity (Wildman–Crippen MR) is 48.2 cm³/mol. The smallest absolute Gasteiger partial charge is 0.346 e. The summed E-state index contributed by atoms with van der Waals surface area (Å²) in [6.07, 6.45) is 2.51. The van der Waals surface area contributed by atoms with Gasteiger partial charge in [0, 0.05) is 12.2 Å². The third-order valence-corrected chi connectivity index (χ3v) is 1.69. The first kappa shape index (κ1) is 8.77. The van der Waals surface area contributed by atoms with Gasteiger partial charge in [-0.2, -0.15) is 0 Å². The lowest BCUT2D eigenvalue weighted by Gasteiger charge is -2.11. The van der Waals surface area contributed by atoms with E-state index in [9.17, 15) is 4.79 Å². The van der Waals surface area contributed by atoms with E-state index in [0.29, 0.717) is 6.04 Å². The molecule has 4 heteroatoms. The summed E-state index contributed by atoms with van der Waals surface area (Å²) in [6, 6.07) is 2.11. The summed E-state index contributed by atoms with van der Waals surface area (Å²) in [5.74, 6) is 0.726. The number of hydrogen-bond donors (Lipinski definition) is 2. The fourth-order valence-electron chi connectivity index (χ4n) is 0.820. The molecular formula is C8H13N3O. The van der Waals surface area contributed by atoms with Crippen LogP contribution in [-0.2, 0) is 0 Å². The van der Waals surface area contributed by atoms with Crippen LogP contribution < -0.4 is 11.0 Å². The number of rotatable bonds is 3. The Hall–Kier alpha value is -1.32. The van der Waals surface area contributed by atoms with Crippen molar-refractivity contribution in [3.63, 3.8) is 0 Å². The summed E-state index contributed by atoms with van der Waals surface area (Å²) < 4.78 is 0. The number of H-pyrrole nitrogens is 1. The van der Waals surface area contributed by atoms with Crippen molar-refractivity contribution in [1.82, 2.24) is 9.97 Å². The molecule has 0 fully saturated rings. The molecule has 1 heterocycles. The highest BCUT2D eigenvalue weighted by Gasteiger charge is 1.97. The fourth-order valence-corrected chi connectivity index (χ4v) is 0.820. The average Bonchev–Trinajstić information content (AvgIpc) is 2.04. The SMILES string of the molecule is CCC(C)Nc1ccnc(=O)[nH]1. The van der Waals surface area contributed by atoms with E-state index in [4.69, 9.17) is 0 Å². The summed E-state index contributed by atoms with van der Waals surface area (Å²) in [5, 5.41) is 3.14. The van der Waals surface area contributed by atoms with E-state index in [1.807, 2.05) is 0 Å². The van der Waals surface area contributed by atoms with Gasteiger partial charge >= 0.3 is 5.69 Å². The molecule has 0 saturated heterocycles. The summed E-state index contributed by atoms with van der Waals surface area (Å²) in [7, 11) is 0. The normalized spacial score (nSPS) is 12.5. The molecule has 1 aromatic heterocycles. The van der Waals surface area contributed by atoms with E-state index in [0.717, 1.165) is 12.2 Å². The molecule has 0 spiro atoms. The van der Waals surface area contributed by atoms with Gasteiger partial charge in [0.25, 0.3) is 0 Å². The van der Waals surface area contributed by atoms with Gasteiger partial charge in [-0.25, -0.2) is 9.78 Å². The molecule has 0 saturated carbocycles. The van der Waals surface area contributed by atoms with Crippen molar-refractivity contribution < 1.29 is 0 Å². The van der Waals surface area contributed by atoms with E-state index in [-0.39, 0.29) is 5.69 Å². The predicted octanol–water partition coefficient (Wildman–Crippen LogP) is 0.980. The Bertz CT molecular complexity index is 294. The molecule has 4 nitrogen and oxygen atoms in total. The Kier molecular flexibility index (Phi) is 2.85. The Labute approximate surface area is 71.0 Å². The van der Waals surface area contributed by atoms with E-state index < -0.39 is 0 Å². The number of nitrogens with one attached hydrogen (secondary N) is 2. The number of nitrogens with zero attached hydrogens (tertiary/aromatic N) is 1. The Morgan fingerprint density at radius 2 is 2.50 bits per heavy atom. The van der Waals surface area contributed by atoms with Crippen LogP contribution in [0.5, 0.6) is 0 Å². The zero-order valence-electron chi connectivity index (χ0n) is 7.29. The molecule has 0 aromatic carbocycles. The highest BCUT2D eigenvalue weighted by atomic mass is 16.1. The number of hydrogen-bond acceptors (Lipinski definition) is 3. The van der Waals surface area contributed by atoms with E-state index in [2.05, 4.69) is 29.1 Å². The topological polar surface area (TPSA) is 57.8 Å². The first-order chi connectivity index (χ1) is 5.72. The van der Waals surface area contributed by atoms with Crippen molar-refractivity contribution in [3.05, 3.63) is 22.7 Å². The van der Waals surface area contributed by atoms with Gasteiger partial charge < -0.3 is 5.32 Å². The van der Waals surface area contributed by atoms with Crippen molar-refractivity contribution in [2.75, 3.05) is 5.32 Å². The highest BCUT2D eigenvalue weighted by Crippen LogP contribution is 2.01. The molecule has 0 aliphatic carbocycles. The molecule has 0 radical (unpaired) electrons. The largest absolute Gasteiger partial charge is 0.369 e. The van der Waals surface area contributed by atoms with Gasteiger partial charge in [0.05, 0.1) is 0 Å². The van der Waals surface area contributed by atoms with Crippen molar-refractivity contribution in [2.24, 2.45) is 0 Å². The number of aromatic amines is 1. The summed E-state index contributed by atoms with van der Waals surface area (Å²) >= 11 is 0. The molecule has 2 N–H and O–H groups in total. The molecule has 66 valence electrons. The number of aromatic nitrogens is 2. The van der Waals surface area contributed by atoms with Crippen LogP contribution in [0.1, 0.15) is 20.3 Å². The second-order valence-electron chi connectivity index (χ2n) is 2.74. The van der Waals surface area contributed by atoms with Crippen molar-refractivity contribution in [1.29, 1.82) is 0 Å². The van der Waals surface area contributed by atoms with Gasteiger partial charge in [-0.05, 0) is 19.4 Å². The molecule has 1 unspecified atom stereocenters. The van der Waals surface area contributed by atoms with Crippen molar-refractivity contribution in [2.45, 2.75) is 26.3 Å². The molecule has 12 heavy (non-hydrogen) atoms. The molecule has 0 bridgehead atoms. The van der Waals surface area contributed by atoms with Crippen LogP contribution >= 0.6 is 0 Å². The van der Waals surface area contributed by atoms with Crippen LogP contribution in [-0.4, -0.2) is 16.0 Å². The second-order valence-corrected chi connectivity index (χ2v) is 2.74. The maximum Gasteiger partial charge on any atom is 0.346 e. The molecule has 1 aromatic rings. The minimum atomic E-state index is -0.316. The third-order valence-electron chi connectivity index (χ3n) is 1.69. The van der Waals surface area contributed by atoms with Crippen LogP contribution in [0.4, 0.5) is 5.82 Å². The van der Waals surface area contributed by atoms with Gasteiger partial charge in [-0.3, -0.25) is 4.98 Å². The van der Waals surface area contributed by atoms with Crippen LogP contribution in [0, 0.1) is 0 Å². The maximum atomic E-state index is 10.8. The first-order valence-electron chi connectivity index (χ1n) is 4.04. The van der Waals surface area contributed by atoms with E-state index >= 15 is 0 Å². The van der Waals surface area contributed by atoms with Gasteiger partial charge in [-0.1, -0.05) is 6.92 Å². The lowest BCUT2D eigenvalue weighted by Crippen LogP contribution is -2.18. The Balaban J connectivity index is 2.69. The zero-order valence-corrected chi connectivity index (χ0v) is 7.29. The van der Waals surface area contributed by atoms with E-state index in [1.54, 1.807) is 6.07 Å². The van der Waals surface area contributed by atoms with Crippen molar-refractivity contribution in [3.8, 4) is 0 Å². The molecular weight excluding hydrogens is 154 g/mol. The van der Waals surface area contributed by atoms with Crippen LogP contribution in [0.3, 0.4) is 0 Å². The standard InChI is InChI=1S/C8H13N3O/c1-3-6(2)10-7-4-5-9-8(12)11-7/h4-6H,3H2,1-2H3,(H2,9,10,11,12). The quantitative estimate of drug-likeness (QED) is 0.705. The number of anilines is 1. The van der Waals surface area contributed by atoms with E-state index in [1.165, 1.54) is 6.20 Å². The molecule has 0 aliphatic rings. The second kappa shape index (κ2) is 3.90. The minimum Gasteiger partial charge on any atom is -0.369 e. The first-order valence-corrected chi connectivity index (χ1v) is 4.04. The van der Waals surface area contributed by atoms with Gasteiger partial charge in [-0.15, -0.1) is 0 Å². The van der Waals surface area contributed by atoms with Gasteiger partial charge in [0.15, 0.2) is 0 Å². The highest BCUT2D eigenvalue weighted by molar-refractivity contribution is 5.32. The van der Waals surface area contributed by atoms with Crippen LogP contribution in [0.25, 0.3) is 0 Å². The average molecular weight is 167 g/mol. The van der Waals surface area contributed by atoms with Gasteiger partial charge in [0.2, 0.25) is 0 Å². The molecule has 0 amide bonds. The molecule has 0 aliphatic heterocycles. The zero-order chi connectivity index (χ0) is 8.97. The van der Waals surface area contributed by atoms with Crippen LogP contribution in [0.2, 0.25) is 0 Å². The lowest BCUT2D eigenvalue weighted by atomic mass is 10.3. The van der Waals surface area contributed by atoms with Gasteiger partial charge in [0.1, 0.15) is 5.82 Å². The Morgan fingerprint density at radius 1 is 1.75 bits per heavy atom.